The van der Waals surface area contributed by atoms with Crippen molar-refractivity contribution in [1.82, 2.24) is 14.7 Å². The van der Waals surface area contributed by atoms with Crippen LogP contribution in [0, 0.1) is 5.92 Å². The molecule has 3 aliphatic rings. The van der Waals surface area contributed by atoms with Crippen molar-refractivity contribution >= 4 is 23.8 Å². The first-order valence-electron chi connectivity index (χ1n) is 12.5. The highest BCUT2D eigenvalue weighted by molar-refractivity contribution is 6.10. The summed E-state index contributed by atoms with van der Waals surface area (Å²) in [5, 5.41) is 0. The number of benzene rings is 1. The molecule has 2 aliphatic heterocycles. The number of hydrogen-bond acceptors (Lipinski definition) is 5. The predicted octanol–water partition coefficient (Wildman–Crippen LogP) is 2.95. The lowest BCUT2D eigenvalue weighted by molar-refractivity contribution is -0.143. The number of piperazine rings is 1. The molecule has 8 nitrogen and oxygen atoms in total. The molecule has 0 radical (unpaired) electrons. The SMILES string of the molecule is CCOC(=O)N1CCN(C(=O)C[C@@]2(c3ccccc3)CC(=O)N(CC3CCCCC3)C2=O)CC1. The summed E-state index contributed by atoms with van der Waals surface area (Å²) in [7, 11) is 0. The van der Waals surface area contributed by atoms with Gasteiger partial charge in [0.05, 0.1) is 12.0 Å². The summed E-state index contributed by atoms with van der Waals surface area (Å²) in [4.78, 5) is 57.0. The number of likely N-dealkylation sites (tertiary alicyclic amines) is 1. The zero-order valence-corrected chi connectivity index (χ0v) is 20.0. The van der Waals surface area contributed by atoms with E-state index in [9.17, 15) is 19.2 Å². The second-order valence-electron chi connectivity index (χ2n) is 9.68. The monoisotopic (exact) mass is 469 g/mol. The van der Waals surface area contributed by atoms with E-state index in [4.69, 9.17) is 4.74 Å². The van der Waals surface area contributed by atoms with E-state index >= 15 is 0 Å². The van der Waals surface area contributed by atoms with E-state index in [0.29, 0.717) is 45.2 Å². The number of hydrogen-bond donors (Lipinski definition) is 0. The van der Waals surface area contributed by atoms with Crippen molar-refractivity contribution in [1.29, 1.82) is 0 Å². The standard InChI is InChI=1S/C26H35N3O5/c1-2-34-25(33)28-15-13-27(14-16-28)22(30)17-26(21-11-7-4-8-12-21)18-23(31)29(24(26)32)19-20-9-5-3-6-10-20/h4,7-8,11-12,20H,2-3,5-6,9-10,13-19H2,1H3/t26-/m0/s1. The maximum atomic E-state index is 13.8. The van der Waals surface area contributed by atoms with Crippen LogP contribution in [0.1, 0.15) is 57.4 Å². The Labute approximate surface area is 201 Å². The molecule has 8 heteroatoms. The molecule has 0 aromatic heterocycles. The smallest absolute Gasteiger partial charge is 0.409 e. The van der Waals surface area contributed by atoms with Crippen molar-refractivity contribution in [3.8, 4) is 0 Å². The first kappa shape index (κ1) is 24.2. The molecule has 0 unspecified atom stereocenters. The summed E-state index contributed by atoms with van der Waals surface area (Å²) < 4.78 is 5.05. The van der Waals surface area contributed by atoms with Gasteiger partial charge in [0, 0.05) is 45.6 Å². The van der Waals surface area contributed by atoms with Crippen LogP contribution < -0.4 is 0 Å². The molecule has 2 heterocycles. The van der Waals surface area contributed by atoms with Crippen LogP contribution in [0.15, 0.2) is 30.3 Å². The molecule has 0 N–H and O–H groups in total. The molecule has 1 aliphatic carbocycles. The van der Waals surface area contributed by atoms with Gasteiger partial charge in [-0.05, 0) is 31.2 Å². The maximum Gasteiger partial charge on any atom is 0.409 e. The fourth-order valence-electron chi connectivity index (χ4n) is 5.56. The topological polar surface area (TPSA) is 87.2 Å². The van der Waals surface area contributed by atoms with Crippen molar-refractivity contribution in [3.63, 3.8) is 0 Å². The molecule has 3 fully saturated rings. The third-order valence-corrected chi connectivity index (χ3v) is 7.51. The first-order chi connectivity index (χ1) is 16.4. The van der Waals surface area contributed by atoms with E-state index in [0.717, 1.165) is 31.2 Å². The summed E-state index contributed by atoms with van der Waals surface area (Å²) in [5.41, 5.74) is -0.444. The summed E-state index contributed by atoms with van der Waals surface area (Å²) >= 11 is 0. The van der Waals surface area contributed by atoms with Gasteiger partial charge in [0.15, 0.2) is 0 Å². The Morgan fingerprint density at radius 3 is 2.26 bits per heavy atom. The van der Waals surface area contributed by atoms with E-state index < -0.39 is 5.41 Å². The van der Waals surface area contributed by atoms with Crippen LogP contribution in [-0.4, -0.2) is 77.8 Å². The van der Waals surface area contributed by atoms with Crippen molar-refractivity contribution in [2.24, 2.45) is 5.92 Å². The van der Waals surface area contributed by atoms with Gasteiger partial charge in [0.1, 0.15) is 0 Å². The van der Waals surface area contributed by atoms with Crippen LogP contribution >= 0.6 is 0 Å². The quantitative estimate of drug-likeness (QED) is 0.598. The van der Waals surface area contributed by atoms with E-state index in [-0.39, 0.29) is 36.7 Å². The minimum absolute atomic E-state index is 0.0249. The molecule has 184 valence electrons. The van der Waals surface area contributed by atoms with Crippen molar-refractivity contribution in [2.45, 2.75) is 57.3 Å². The van der Waals surface area contributed by atoms with Gasteiger partial charge in [0.2, 0.25) is 17.7 Å². The van der Waals surface area contributed by atoms with E-state index in [2.05, 4.69) is 0 Å². The molecule has 1 aromatic rings. The fraction of sp³-hybridized carbons (Fsp3) is 0.615. The third-order valence-electron chi connectivity index (χ3n) is 7.51. The minimum atomic E-state index is -1.16. The Balaban J connectivity index is 1.50. The maximum absolute atomic E-state index is 13.8. The molecule has 4 rings (SSSR count). The van der Waals surface area contributed by atoms with Gasteiger partial charge in [-0.1, -0.05) is 49.6 Å². The van der Waals surface area contributed by atoms with Gasteiger partial charge in [-0.3, -0.25) is 19.3 Å². The van der Waals surface area contributed by atoms with Crippen LogP contribution in [-0.2, 0) is 24.5 Å². The number of nitrogens with zero attached hydrogens (tertiary/aromatic N) is 3. The number of ether oxygens (including phenoxy) is 1. The highest BCUT2D eigenvalue weighted by atomic mass is 16.6. The zero-order valence-electron chi connectivity index (χ0n) is 20.0. The Kier molecular flexibility index (Phi) is 7.54. The molecule has 1 aromatic carbocycles. The molecular formula is C26H35N3O5. The lowest BCUT2D eigenvalue weighted by Gasteiger charge is -2.36. The number of imide groups is 1. The van der Waals surface area contributed by atoms with Crippen LogP contribution in [0.25, 0.3) is 0 Å². The highest BCUT2D eigenvalue weighted by Gasteiger charge is 2.54. The number of carbonyl (C=O) groups excluding carboxylic acids is 4. The molecule has 2 saturated heterocycles. The first-order valence-corrected chi connectivity index (χ1v) is 12.5. The molecular weight excluding hydrogens is 434 g/mol. The van der Waals surface area contributed by atoms with Crippen LogP contribution in [0.4, 0.5) is 4.79 Å². The molecule has 0 spiro atoms. The largest absolute Gasteiger partial charge is 0.450 e. The summed E-state index contributed by atoms with van der Waals surface area (Å²) in [6.45, 7) is 4.09. The minimum Gasteiger partial charge on any atom is -0.450 e. The lowest BCUT2D eigenvalue weighted by Crippen LogP contribution is -2.52. The molecule has 0 bridgehead atoms. The van der Waals surface area contributed by atoms with Crippen molar-refractivity contribution in [3.05, 3.63) is 35.9 Å². The fourth-order valence-corrected chi connectivity index (χ4v) is 5.56. The number of carbonyl (C=O) groups is 4. The Hall–Kier alpha value is -2.90. The summed E-state index contributed by atoms with van der Waals surface area (Å²) in [5.74, 6) is -0.236. The normalized spacial score (nSPS) is 24.0. The Morgan fingerprint density at radius 1 is 0.971 bits per heavy atom. The molecule has 34 heavy (non-hydrogen) atoms. The van der Waals surface area contributed by atoms with Crippen LogP contribution in [0.3, 0.4) is 0 Å². The molecule has 1 atom stereocenters. The summed E-state index contributed by atoms with van der Waals surface area (Å²) in [6, 6.07) is 9.26. The predicted molar refractivity (Wildman–Crippen MR) is 126 cm³/mol. The molecule has 4 amide bonds. The van der Waals surface area contributed by atoms with Crippen molar-refractivity contribution < 1.29 is 23.9 Å². The highest BCUT2D eigenvalue weighted by Crippen LogP contribution is 2.41. The van der Waals surface area contributed by atoms with Crippen molar-refractivity contribution in [2.75, 3.05) is 39.3 Å². The van der Waals surface area contributed by atoms with Gasteiger partial charge < -0.3 is 14.5 Å². The van der Waals surface area contributed by atoms with Crippen LogP contribution in [0.5, 0.6) is 0 Å². The number of rotatable bonds is 6. The Bertz CT molecular complexity index is 906. The van der Waals surface area contributed by atoms with Gasteiger partial charge >= 0.3 is 6.09 Å². The van der Waals surface area contributed by atoms with E-state index in [1.165, 1.54) is 11.3 Å². The van der Waals surface area contributed by atoms with Gasteiger partial charge in [-0.25, -0.2) is 4.79 Å². The summed E-state index contributed by atoms with van der Waals surface area (Å²) in [6.07, 6.45) is 5.19. The third kappa shape index (κ3) is 4.95. The van der Waals surface area contributed by atoms with Gasteiger partial charge in [0.25, 0.3) is 0 Å². The zero-order chi connectivity index (χ0) is 24.1. The van der Waals surface area contributed by atoms with Gasteiger partial charge in [-0.2, -0.15) is 0 Å². The second-order valence-corrected chi connectivity index (χ2v) is 9.68. The average Bonchev–Trinajstić information content (AvgIpc) is 3.10. The number of amides is 4. The van der Waals surface area contributed by atoms with Crippen LogP contribution in [0.2, 0.25) is 0 Å². The van der Waals surface area contributed by atoms with Gasteiger partial charge in [-0.15, -0.1) is 0 Å². The Morgan fingerprint density at radius 2 is 1.62 bits per heavy atom. The average molecular weight is 470 g/mol. The molecule has 1 saturated carbocycles. The van der Waals surface area contributed by atoms with E-state index in [1.807, 2.05) is 30.3 Å². The van der Waals surface area contributed by atoms with E-state index in [1.54, 1.807) is 16.7 Å². The lowest BCUT2D eigenvalue weighted by atomic mass is 9.75. The second kappa shape index (κ2) is 10.6.